The molecule has 0 radical (unpaired) electrons. The molecule has 1 aromatic heterocycles. The summed E-state index contributed by atoms with van der Waals surface area (Å²) in [4.78, 5) is 0. The molecule has 2 heteroatoms. The summed E-state index contributed by atoms with van der Waals surface area (Å²) in [6, 6.07) is 2.46. The van der Waals surface area contributed by atoms with Crippen molar-refractivity contribution in [3.05, 3.63) is 16.8 Å². The summed E-state index contributed by atoms with van der Waals surface area (Å²) in [5.74, 6) is 0. The predicted octanol–water partition coefficient (Wildman–Crippen LogP) is 8.14. The van der Waals surface area contributed by atoms with Gasteiger partial charge in [-0.1, -0.05) is 104 Å². The fourth-order valence-corrected chi connectivity index (χ4v) is 5.28. The van der Waals surface area contributed by atoms with E-state index in [9.17, 15) is 0 Å². The third-order valence-corrected chi connectivity index (χ3v) is 6.78. The smallest absolute Gasteiger partial charge is 0.0289 e. The van der Waals surface area contributed by atoms with Gasteiger partial charge in [-0.2, -0.15) is 35.8 Å². The minimum atomic E-state index is -0.302. The van der Waals surface area contributed by atoms with Gasteiger partial charge in [0.05, 0.1) is 0 Å². The number of hydrogen-bond acceptors (Lipinski definition) is 1. The lowest BCUT2D eigenvalue weighted by Crippen LogP contribution is -2.46. The first-order chi connectivity index (χ1) is 11.8. The van der Waals surface area contributed by atoms with Crippen molar-refractivity contribution < 1.29 is 0 Å². The molecule has 0 saturated heterocycles. The van der Waals surface area contributed by atoms with E-state index in [1.165, 1.54) is 96.0 Å². The fourth-order valence-electron chi connectivity index (χ4n) is 4.44. The van der Waals surface area contributed by atoms with E-state index in [2.05, 4.69) is 37.6 Å². The molecule has 0 nitrogen and oxygen atoms in total. The maximum Gasteiger partial charge on any atom is 0.0289 e. The van der Waals surface area contributed by atoms with E-state index in [4.69, 9.17) is 0 Å². The van der Waals surface area contributed by atoms with Crippen LogP contribution >= 0.6 is 11.3 Å². The van der Waals surface area contributed by atoms with Gasteiger partial charge in [0, 0.05) is 6.15 Å². The Morgan fingerprint density at radius 1 is 0.667 bits per heavy atom. The molecule has 1 aromatic rings. The number of unbranched alkanes of at least 4 members (excludes halogenated alkanes) is 9. The SMILES string of the molecule is CCCCCC[B-](CCCCCC)(CCCCCC)c1ccsc1. The lowest BCUT2D eigenvalue weighted by Gasteiger charge is -2.40. The maximum atomic E-state index is 2.49. The lowest BCUT2D eigenvalue weighted by atomic mass is 9.16. The topological polar surface area (TPSA) is 0 Å². The van der Waals surface area contributed by atoms with Crippen LogP contribution in [0.2, 0.25) is 19.0 Å². The Hall–Kier alpha value is -0.235. The first kappa shape index (κ1) is 21.8. The van der Waals surface area contributed by atoms with E-state index >= 15 is 0 Å². The van der Waals surface area contributed by atoms with Crippen LogP contribution in [0.25, 0.3) is 0 Å². The molecule has 0 fully saturated rings. The number of rotatable bonds is 16. The summed E-state index contributed by atoms with van der Waals surface area (Å²) in [6.07, 6.45) is 21.1. The van der Waals surface area contributed by atoms with Gasteiger partial charge in [-0.25, -0.2) is 0 Å². The number of thiophene rings is 1. The van der Waals surface area contributed by atoms with Crippen LogP contribution in [-0.2, 0) is 0 Å². The Balaban J connectivity index is 2.72. The first-order valence-corrected chi connectivity index (χ1v) is 12.0. The highest BCUT2D eigenvalue weighted by molar-refractivity contribution is 7.10. The average molecular weight is 349 g/mol. The van der Waals surface area contributed by atoms with Crippen molar-refractivity contribution >= 4 is 22.9 Å². The molecule has 1 heterocycles. The molecule has 0 aliphatic rings. The fraction of sp³-hybridized carbons (Fsp3) is 0.818. The molecule has 140 valence electrons. The van der Waals surface area contributed by atoms with Gasteiger partial charge in [0.15, 0.2) is 0 Å². The third-order valence-electron chi connectivity index (χ3n) is 6.08. The van der Waals surface area contributed by atoms with Crippen LogP contribution in [-0.4, -0.2) is 6.15 Å². The summed E-state index contributed by atoms with van der Waals surface area (Å²) in [7, 11) is 0. The van der Waals surface area contributed by atoms with Crippen molar-refractivity contribution in [1.29, 1.82) is 0 Å². The first-order valence-electron chi connectivity index (χ1n) is 11.0. The zero-order chi connectivity index (χ0) is 17.5. The molecule has 0 spiro atoms. The summed E-state index contributed by atoms with van der Waals surface area (Å²) in [6.45, 7) is 6.98. The Morgan fingerprint density at radius 3 is 1.46 bits per heavy atom. The predicted molar refractivity (Wildman–Crippen MR) is 117 cm³/mol. The van der Waals surface area contributed by atoms with Crippen molar-refractivity contribution in [3.8, 4) is 0 Å². The molecular weight excluding hydrogens is 307 g/mol. The van der Waals surface area contributed by atoms with Crippen LogP contribution in [0.3, 0.4) is 0 Å². The Morgan fingerprint density at radius 2 is 1.12 bits per heavy atom. The summed E-state index contributed by atoms with van der Waals surface area (Å²) in [5.41, 5.74) is 1.73. The van der Waals surface area contributed by atoms with E-state index in [1.807, 2.05) is 11.3 Å². The van der Waals surface area contributed by atoms with E-state index in [0.29, 0.717) is 0 Å². The minimum absolute atomic E-state index is 0.302. The van der Waals surface area contributed by atoms with Crippen LogP contribution in [0.4, 0.5) is 0 Å². The van der Waals surface area contributed by atoms with Crippen molar-refractivity contribution in [2.75, 3.05) is 0 Å². The molecule has 0 aromatic carbocycles. The maximum absolute atomic E-state index is 2.49. The molecular formula is C22H42BS-. The zero-order valence-electron chi connectivity index (χ0n) is 16.8. The van der Waals surface area contributed by atoms with Crippen LogP contribution < -0.4 is 5.46 Å². The van der Waals surface area contributed by atoms with Gasteiger partial charge >= 0.3 is 0 Å². The van der Waals surface area contributed by atoms with Gasteiger partial charge in [0.1, 0.15) is 0 Å². The van der Waals surface area contributed by atoms with Crippen LogP contribution in [0.15, 0.2) is 16.8 Å². The molecule has 0 bridgehead atoms. The Bertz CT molecular complexity index is 340. The molecule has 1 rings (SSSR count). The zero-order valence-corrected chi connectivity index (χ0v) is 17.6. The quantitative estimate of drug-likeness (QED) is 0.209. The second kappa shape index (κ2) is 14.0. The molecule has 0 amide bonds. The van der Waals surface area contributed by atoms with Crippen molar-refractivity contribution in [3.63, 3.8) is 0 Å². The van der Waals surface area contributed by atoms with Gasteiger partial charge in [-0.15, -0.1) is 0 Å². The van der Waals surface area contributed by atoms with E-state index in [-0.39, 0.29) is 6.15 Å². The molecule has 0 N–H and O–H groups in total. The van der Waals surface area contributed by atoms with E-state index in [0.717, 1.165) is 0 Å². The monoisotopic (exact) mass is 349 g/mol. The molecule has 24 heavy (non-hydrogen) atoms. The van der Waals surface area contributed by atoms with Gasteiger partial charge in [0.25, 0.3) is 0 Å². The largest absolute Gasteiger partial charge is 0.199 e. The molecule has 0 aliphatic heterocycles. The second-order valence-corrected chi connectivity index (χ2v) is 8.86. The standard InChI is InChI=1S/C22H42BS/c1-4-7-10-13-17-23(18-14-11-8-5-2,19-15-12-9-6-3)22-16-20-24-21-22/h16,20-21H,4-15,17-19H2,1-3H3/q-1. The normalized spacial score (nSPS) is 12.0. The number of hydrogen-bond donors (Lipinski definition) is 0. The van der Waals surface area contributed by atoms with Gasteiger partial charge in [-0.05, 0) is 10.8 Å². The molecule has 0 aliphatic carbocycles. The van der Waals surface area contributed by atoms with Crippen LogP contribution in [0.1, 0.15) is 97.8 Å². The summed E-state index contributed by atoms with van der Waals surface area (Å²) in [5, 5.41) is 4.80. The molecule has 0 unspecified atom stereocenters. The van der Waals surface area contributed by atoms with Crippen molar-refractivity contribution in [2.24, 2.45) is 0 Å². The Kier molecular flexibility index (Phi) is 12.7. The highest BCUT2D eigenvalue weighted by Gasteiger charge is 2.25. The van der Waals surface area contributed by atoms with Crippen LogP contribution in [0.5, 0.6) is 0 Å². The van der Waals surface area contributed by atoms with E-state index < -0.39 is 0 Å². The lowest BCUT2D eigenvalue weighted by molar-refractivity contribution is 0.668. The molecule has 0 atom stereocenters. The van der Waals surface area contributed by atoms with Gasteiger partial charge in [0.2, 0.25) is 0 Å². The highest BCUT2D eigenvalue weighted by Crippen LogP contribution is 2.30. The van der Waals surface area contributed by atoms with E-state index in [1.54, 1.807) is 5.46 Å². The average Bonchev–Trinajstić information content (AvgIpc) is 3.14. The third kappa shape index (κ3) is 8.23. The minimum Gasteiger partial charge on any atom is -0.199 e. The summed E-state index contributed by atoms with van der Waals surface area (Å²) < 4.78 is 0. The second-order valence-electron chi connectivity index (χ2n) is 8.08. The van der Waals surface area contributed by atoms with Gasteiger partial charge < -0.3 is 0 Å². The van der Waals surface area contributed by atoms with Crippen molar-refractivity contribution in [1.82, 2.24) is 0 Å². The highest BCUT2D eigenvalue weighted by atomic mass is 32.1. The summed E-state index contributed by atoms with van der Waals surface area (Å²) >= 11 is 1.91. The van der Waals surface area contributed by atoms with Crippen LogP contribution in [0, 0.1) is 0 Å². The molecule has 0 saturated carbocycles. The van der Waals surface area contributed by atoms with Crippen molar-refractivity contribution in [2.45, 2.75) is 117 Å². The Labute approximate surface area is 156 Å². The van der Waals surface area contributed by atoms with Gasteiger partial charge in [-0.3, -0.25) is 0 Å².